The molecule has 0 spiro atoms. The first kappa shape index (κ1) is 9.07. The Morgan fingerprint density at radius 1 is 1.58 bits per heavy atom. The van der Waals surface area contributed by atoms with Crippen LogP contribution in [0.25, 0.3) is 6.08 Å². The van der Waals surface area contributed by atoms with E-state index in [0.29, 0.717) is 0 Å². The number of hydrogen-bond donors (Lipinski definition) is 1. The van der Waals surface area contributed by atoms with E-state index in [9.17, 15) is 0 Å². The standard InChI is InChI=1S/C10H15NO/c1-3-9-6-7-10(12-9)5-4-8(2)11/h4-8H,3,11H2,1-2H3/b5-4+. The average Bonchev–Trinajstić information content (AvgIpc) is 2.48. The van der Waals surface area contributed by atoms with Crippen molar-refractivity contribution in [2.45, 2.75) is 26.3 Å². The third kappa shape index (κ3) is 2.55. The SMILES string of the molecule is CCc1ccc(/C=C/C(C)N)o1. The molecule has 0 saturated heterocycles. The molecule has 0 aliphatic heterocycles. The van der Waals surface area contributed by atoms with Crippen molar-refractivity contribution in [1.82, 2.24) is 0 Å². The molecule has 0 radical (unpaired) electrons. The van der Waals surface area contributed by atoms with Crippen LogP contribution in [0.2, 0.25) is 0 Å². The minimum atomic E-state index is 0.0835. The molecular formula is C10H15NO. The summed E-state index contributed by atoms with van der Waals surface area (Å²) in [5, 5.41) is 0. The smallest absolute Gasteiger partial charge is 0.126 e. The maximum Gasteiger partial charge on any atom is 0.126 e. The molecular weight excluding hydrogens is 150 g/mol. The molecule has 0 aromatic carbocycles. The summed E-state index contributed by atoms with van der Waals surface area (Å²) in [4.78, 5) is 0. The Labute approximate surface area is 73.1 Å². The molecule has 66 valence electrons. The Bertz CT molecular complexity index is 261. The number of furan rings is 1. The van der Waals surface area contributed by atoms with E-state index in [0.717, 1.165) is 17.9 Å². The van der Waals surface area contributed by atoms with Gasteiger partial charge in [0.1, 0.15) is 11.5 Å². The Kier molecular flexibility index (Phi) is 3.11. The van der Waals surface area contributed by atoms with Gasteiger partial charge in [0.2, 0.25) is 0 Å². The average molecular weight is 165 g/mol. The molecule has 0 aliphatic carbocycles. The summed E-state index contributed by atoms with van der Waals surface area (Å²) >= 11 is 0. The summed E-state index contributed by atoms with van der Waals surface area (Å²) in [6.07, 6.45) is 4.76. The topological polar surface area (TPSA) is 39.2 Å². The lowest BCUT2D eigenvalue weighted by Crippen LogP contribution is -2.09. The van der Waals surface area contributed by atoms with Crippen LogP contribution in [-0.2, 0) is 6.42 Å². The van der Waals surface area contributed by atoms with Crippen LogP contribution in [0.4, 0.5) is 0 Å². The van der Waals surface area contributed by atoms with Crippen LogP contribution in [0.3, 0.4) is 0 Å². The third-order valence-electron chi connectivity index (χ3n) is 1.59. The van der Waals surface area contributed by atoms with Gasteiger partial charge in [0.15, 0.2) is 0 Å². The maximum absolute atomic E-state index is 5.55. The van der Waals surface area contributed by atoms with Gasteiger partial charge in [0.05, 0.1) is 0 Å². The van der Waals surface area contributed by atoms with Crippen molar-refractivity contribution in [3.05, 3.63) is 29.7 Å². The Morgan fingerprint density at radius 2 is 2.33 bits per heavy atom. The molecule has 2 nitrogen and oxygen atoms in total. The highest BCUT2D eigenvalue weighted by Gasteiger charge is 1.95. The lowest BCUT2D eigenvalue weighted by Gasteiger charge is -1.92. The Morgan fingerprint density at radius 3 is 2.83 bits per heavy atom. The summed E-state index contributed by atoms with van der Waals surface area (Å²) in [6.45, 7) is 4.00. The van der Waals surface area contributed by atoms with E-state index in [-0.39, 0.29) is 6.04 Å². The Hall–Kier alpha value is -1.02. The number of rotatable bonds is 3. The zero-order chi connectivity index (χ0) is 8.97. The fourth-order valence-corrected chi connectivity index (χ4v) is 0.921. The molecule has 1 unspecified atom stereocenters. The van der Waals surface area contributed by atoms with E-state index < -0.39 is 0 Å². The zero-order valence-corrected chi connectivity index (χ0v) is 7.58. The Balaban J connectivity index is 2.63. The third-order valence-corrected chi connectivity index (χ3v) is 1.59. The first-order valence-electron chi connectivity index (χ1n) is 4.25. The van der Waals surface area contributed by atoms with Gasteiger partial charge in [0.25, 0.3) is 0 Å². The quantitative estimate of drug-likeness (QED) is 0.745. The normalized spacial score (nSPS) is 13.9. The van der Waals surface area contributed by atoms with Gasteiger partial charge in [-0.2, -0.15) is 0 Å². The van der Waals surface area contributed by atoms with Gasteiger partial charge in [-0.25, -0.2) is 0 Å². The second kappa shape index (κ2) is 4.12. The minimum Gasteiger partial charge on any atom is -0.462 e. The van der Waals surface area contributed by atoms with Crippen LogP contribution in [0.15, 0.2) is 22.6 Å². The van der Waals surface area contributed by atoms with Crippen LogP contribution in [0, 0.1) is 0 Å². The van der Waals surface area contributed by atoms with E-state index in [1.165, 1.54) is 0 Å². The van der Waals surface area contributed by atoms with E-state index >= 15 is 0 Å². The summed E-state index contributed by atoms with van der Waals surface area (Å²) in [5.74, 6) is 1.89. The van der Waals surface area contributed by atoms with Crippen molar-refractivity contribution in [2.24, 2.45) is 5.73 Å². The van der Waals surface area contributed by atoms with Gasteiger partial charge < -0.3 is 10.2 Å². The minimum absolute atomic E-state index is 0.0835. The molecule has 1 aromatic heterocycles. The zero-order valence-electron chi connectivity index (χ0n) is 7.58. The second-order valence-corrected chi connectivity index (χ2v) is 2.88. The number of hydrogen-bond acceptors (Lipinski definition) is 2. The van der Waals surface area contributed by atoms with Gasteiger partial charge in [-0.15, -0.1) is 0 Å². The van der Waals surface area contributed by atoms with E-state index in [1.54, 1.807) is 0 Å². The number of aryl methyl sites for hydroxylation is 1. The molecule has 0 bridgehead atoms. The molecule has 0 amide bonds. The van der Waals surface area contributed by atoms with Gasteiger partial charge in [0, 0.05) is 12.5 Å². The van der Waals surface area contributed by atoms with Crippen LogP contribution < -0.4 is 5.73 Å². The molecule has 0 aliphatic rings. The second-order valence-electron chi connectivity index (χ2n) is 2.88. The molecule has 0 saturated carbocycles. The molecule has 2 heteroatoms. The van der Waals surface area contributed by atoms with Crippen molar-refractivity contribution in [3.63, 3.8) is 0 Å². The molecule has 0 fully saturated rings. The first-order valence-corrected chi connectivity index (χ1v) is 4.25. The van der Waals surface area contributed by atoms with Crippen LogP contribution in [0.1, 0.15) is 25.4 Å². The summed E-state index contributed by atoms with van der Waals surface area (Å²) in [7, 11) is 0. The van der Waals surface area contributed by atoms with Crippen molar-refractivity contribution in [2.75, 3.05) is 0 Å². The molecule has 12 heavy (non-hydrogen) atoms. The van der Waals surface area contributed by atoms with E-state index in [4.69, 9.17) is 10.2 Å². The fourth-order valence-electron chi connectivity index (χ4n) is 0.921. The predicted octanol–water partition coefficient (Wildman–Crippen LogP) is 2.20. The summed E-state index contributed by atoms with van der Waals surface area (Å²) < 4.78 is 5.44. The van der Waals surface area contributed by atoms with Gasteiger partial charge in [-0.05, 0) is 25.1 Å². The summed E-state index contributed by atoms with van der Waals surface area (Å²) in [5.41, 5.74) is 5.55. The lowest BCUT2D eigenvalue weighted by atomic mass is 10.3. The highest BCUT2D eigenvalue weighted by molar-refractivity contribution is 5.43. The van der Waals surface area contributed by atoms with Crippen molar-refractivity contribution < 1.29 is 4.42 Å². The van der Waals surface area contributed by atoms with Crippen molar-refractivity contribution in [3.8, 4) is 0 Å². The van der Waals surface area contributed by atoms with Gasteiger partial charge in [-0.1, -0.05) is 13.0 Å². The van der Waals surface area contributed by atoms with E-state index in [2.05, 4.69) is 6.92 Å². The highest BCUT2D eigenvalue weighted by atomic mass is 16.3. The highest BCUT2D eigenvalue weighted by Crippen LogP contribution is 2.09. The number of nitrogens with two attached hydrogens (primary N) is 1. The van der Waals surface area contributed by atoms with Gasteiger partial charge >= 0.3 is 0 Å². The summed E-state index contributed by atoms with van der Waals surface area (Å²) in [6, 6.07) is 4.03. The van der Waals surface area contributed by atoms with Crippen LogP contribution in [0.5, 0.6) is 0 Å². The van der Waals surface area contributed by atoms with Gasteiger partial charge in [-0.3, -0.25) is 0 Å². The monoisotopic (exact) mass is 165 g/mol. The fraction of sp³-hybridized carbons (Fsp3) is 0.400. The molecule has 2 N–H and O–H groups in total. The first-order chi connectivity index (χ1) is 5.72. The predicted molar refractivity (Wildman–Crippen MR) is 50.8 cm³/mol. The molecule has 1 heterocycles. The van der Waals surface area contributed by atoms with E-state index in [1.807, 2.05) is 31.2 Å². The molecule has 1 rings (SSSR count). The maximum atomic E-state index is 5.55. The lowest BCUT2D eigenvalue weighted by molar-refractivity contribution is 0.507. The van der Waals surface area contributed by atoms with Crippen LogP contribution >= 0.6 is 0 Å². The van der Waals surface area contributed by atoms with Crippen LogP contribution in [-0.4, -0.2) is 6.04 Å². The molecule has 1 atom stereocenters. The largest absolute Gasteiger partial charge is 0.462 e. The van der Waals surface area contributed by atoms with Crippen molar-refractivity contribution in [1.29, 1.82) is 0 Å². The molecule has 1 aromatic rings. The van der Waals surface area contributed by atoms with Crippen molar-refractivity contribution >= 4 is 6.08 Å².